The van der Waals surface area contributed by atoms with Gasteiger partial charge in [-0.3, -0.25) is 0 Å². The summed E-state index contributed by atoms with van der Waals surface area (Å²) in [6.07, 6.45) is 9.73. The highest BCUT2D eigenvalue weighted by atomic mass is 16.3. The number of aliphatic hydroxyl groups is 4. The molecule has 0 aromatic rings. The third kappa shape index (κ3) is 2.10. The van der Waals surface area contributed by atoms with Crippen molar-refractivity contribution in [2.45, 2.75) is 76.3 Å². The van der Waals surface area contributed by atoms with Crippen molar-refractivity contribution in [2.75, 3.05) is 0 Å². The summed E-state index contributed by atoms with van der Waals surface area (Å²) in [5.74, 6) is 3.14. The van der Waals surface area contributed by atoms with Crippen LogP contribution in [0.4, 0.5) is 0 Å². The first-order chi connectivity index (χ1) is 11.7. The lowest BCUT2D eigenvalue weighted by molar-refractivity contribution is -0.134. The molecule has 0 heterocycles. The molecule has 3 fully saturated rings. The smallest absolute Gasteiger partial charge is 0.130 e. The number of hydrogen-bond donors (Lipinski definition) is 4. The molecule has 0 spiro atoms. The molecular weight excluding hydrogens is 316 g/mol. The Balaban J connectivity index is 1.75. The van der Waals surface area contributed by atoms with Gasteiger partial charge in [0.15, 0.2) is 0 Å². The van der Waals surface area contributed by atoms with E-state index in [4.69, 9.17) is 6.42 Å². The van der Waals surface area contributed by atoms with Gasteiger partial charge in [-0.15, -0.1) is 6.42 Å². The Morgan fingerprint density at radius 2 is 1.76 bits per heavy atom. The molecule has 0 saturated heterocycles. The van der Waals surface area contributed by atoms with E-state index in [-0.39, 0.29) is 28.6 Å². The normalized spacial score (nSPS) is 57.7. The number of hydrogen-bond acceptors (Lipinski definition) is 4. The SMILES string of the molecule is C#C[C@]1(O)CC[C@H]2[C@@H]3[C@@H](O)C=C4C[C@@H](O)[C@@H](O)C[C@]4(C)[C@H]3CC[C@@]21C. The zero-order valence-corrected chi connectivity index (χ0v) is 15.2. The molecule has 4 N–H and O–H groups in total. The monoisotopic (exact) mass is 346 g/mol. The Bertz CT molecular complexity index is 651. The van der Waals surface area contributed by atoms with Crippen LogP contribution in [0.3, 0.4) is 0 Å². The van der Waals surface area contributed by atoms with E-state index in [1.54, 1.807) is 0 Å². The zero-order chi connectivity index (χ0) is 18.2. The van der Waals surface area contributed by atoms with Gasteiger partial charge in [0.2, 0.25) is 0 Å². The number of fused-ring (bicyclic) bond motifs is 5. The molecule has 0 bridgehead atoms. The fourth-order valence-corrected chi connectivity index (χ4v) is 6.93. The summed E-state index contributed by atoms with van der Waals surface area (Å²) in [6, 6.07) is 0. The fourth-order valence-electron chi connectivity index (χ4n) is 6.93. The maximum Gasteiger partial charge on any atom is 0.130 e. The molecule has 138 valence electrons. The molecule has 3 saturated carbocycles. The van der Waals surface area contributed by atoms with Crippen LogP contribution in [0, 0.1) is 40.9 Å². The van der Waals surface area contributed by atoms with E-state index in [0.29, 0.717) is 19.3 Å². The van der Waals surface area contributed by atoms with E-state index in [0.717, 1.165) is 24.8 Å². The molecule has 25 heavy (non-hydrogen) atoms. The van der Waals surface area contributed by atoms with Crippen molar-refractivity contribution in [3.63, 3.8) is 0 Å². The van der Waals surface area contributed by atoms with Crippen LogP contribution in [0.1, 0.15) is 52.4 Å². The van der Waals surface area contributed by atoms with E-state index >= 15 is 0 Å². The lowest BCUT2D eigenvalue weighted by atomic mass is 9.46. The molecule has 4 aliphatic carbocycles. The van der Waals surface area contributed by atoms with Crippen LogP contribution in [0.25, 0.3) is 0 Å². The summed E-state index contributed by atoms with van der Waals surface area (Å²) in [5.41, 5.74) is -0.554. The average Bonchev–Trinajstić information content (AvgIpc) is 2.83. The summed E-state index contributed by atoms with van der Waals surface area (Å²) in [6.45, 7) is 4.27. The number of terminal acetylenes is 1. The van der Waals surface area contributed by atoms with Crippen LogP contribution in [-0.2, 0) is 0 Å². The Labute approximate surface area is 150 Å². The Hall–Kier alpha value is -0.860. The predicted octanol–water partition coefficient (Wildman–Crippen LogP) is 1.62. The van der Waals surface area contributed by atoms with Crippen LogP contribution in [0.5, 0.6) is 0 Å². The maximum absolute atomic E-state index is 11.0. The molecule has 0 aromatic heterocycles. The van der Waals surface area contributed by atoms with Crippen molar-refractivity contribution in [1.29, 1.82) is 0 Å². The second-order valence-electron chi connectivity index (χ2n) is 9.43. The van der Waals surface area contributed by atoms with Crippen LogP contribution >= 0.6 is 0 Å². The molecule has 4 heteroatoms. The van der Waals surface area contributed by atoms with Gasteiger partial charge in [0.1, 0.15) is 5.60 Å². The summed E-state index contributed by atoms with van der Waals surface area (Å²) in [7, 11) is 0. The second kappa shape index (κ2) is 5.33. The Morgan fingerprint density at radius 3 is 2.44 bits per heavy atom. The van der Waals surface area contributed by atoms with Crippen molar-refractivity contribution in [1.82, 2.24) is 0 Å². The molecule has 9 atom stereocenters. The van der Waals surface area contributed by atoms with Crippen LogP contribution in [0.2, 0.25) is 0 Å². The highest BCUT2D eigenvalue weighted by molar-refractivity contribution is 5.31. The summed E-state index contributed by atoms with van der Waals surface area (Å²) in [4.78, 5) is 0. The van der Waals surface area contributed by atoms with Crippen LogP contribution in [0.15, 0.2) is 11.6 Å². The molecule has 4 rings (SSSR count). The second-order valence-corrected chi connectivity index (χ2v) is 9.43. The topological polar surface area (TPSA) is 80.9 Å². The summed E-state index contributed by atoms with van der Waals surface area (Å²) >= 11 is 0. The van der Waals surface area contributed by atoms with E-state index < -0.39 is 23.9 Å². The van der Waals surface area contributed by atoms with Gasteiger partial charge in [-0.05, 0) is 61.7 Å². The van der Waals surface area contributed by atoms with Gasteiger partial charge in [0, 0.05) is 5.41 Å². The Morgan fingerprint density at radius 1 is 1.08 bits per heavy atom. The lowest BCUT2D eigenvalue weighted by Crippen LogP contribution is -2.58. The molecule has 0 unspecified atom stereocenters. The minimum Gasteiger partial charge on any atom is -0.390 e. The molecule has 0 aliphatic heterocycles. The standard InChI is InChI=1S/C21H30O4/c1-4-21(25)8-6-14-18-13(5-7-20(14,21)3)19(2)11-17(24)15(22)9-12(19)10-16(18)23/h1,10,13-18,22-25H,5-9,11H2,2-3H3/t13-,14-,15+,16-,17-,18+,19-,20-,21-/m0/s1. The van der Waals surface area contributed by atoms with Crippen molar-refractivity contribution >= 4 is 0 Å². The van der Waals surface area contributed by atoms with Crippen molar-refractivity contribution < 1.29 is 20.4 Å². The van der Waals surface area contributed by atoms with Gasteiger partial charge in [-0.1, -0.05) is 31.4 Å². The van der Waals surface area contributed by atoms with Gasteiger partial charge >= 0.3 is 0 Å². The maximum atomic E-state index is 11.0. The zero-order valence-electron chi connectivity index (χ0n) is 15.2. The third-order valence-corrected chi connectivity index (χ3v) is 8.55. The predicted molar refractivity (Wildman–Crippen MR) is 94.3 cm³/mol. The minimum absolute atomic E-state index is 0.0531. The quantitative estimate of drug-likeness (QED) is 0.397. The third-order valence-electron chi connectivity index (χ3n) is 8.55. The number of rotatable bonds is 0. The Kier molecular flexibility index (Phi) is 3.74. The van der Waals surface area contributed by atoms with E-state index in [1.807, 2.05) is 6.08 Å². The number of aliphatic hydroxyl groups excluding tert-OH is 3. The largest absolute Gasteiger partial charge is 0.390 e. The highest BCUT2D eigenvalue weighted by Gasteiger charge is 2.65. The van der Waals surface area contributed by atoms with Gasteiger partial charge in [-0.2, -0.15) is 0 Å². The van der Waals surface area contributed by atoms with Crippen LogP contribution < -0.4 is 0 Å². The molecule has 0 radical (unpaired) electrons. The van der Waals surface area contributed by atoms with Crippen molar-refractivity contribution in [3.8, 4) is 12.3 Å². The first-order valence-corrected chi connectivity index (χ1v) is 9.62. The minimum atomic E-state index is -1.09. The molecule has 4 aliphatic rings. The van der Waals surface area contributed by atoms with Gasteiger partial charge in [0.05, 0.1) is 18.3 Å². The highest BCUT2D eigenvalue weighted by Crippen LogP contribution is 2.66. The lowest BCUT2D eigenvalue weighted by Gasteiger charge is -2.59. The molecule has 4 nitrogen and oxygen atoms in total. The average molecular weight is 346 g/mol. The van der Waals surface area contributed by atoms with E-state index in [9.17, 15) is 20.4 Å². The van der Waals surface area contributed by atoms with Crippen molar-refractivity contribution in [2.24, 2.45) is 28.6 Å². The molecular formula is C21H30O4. The molecule has 0 aromatic carbocycles. The van der Waals surface area contributed by atoms with Gasteiger partial charge in [-0.25, -0.2) is 0 Å². The van der Waals surface area contributed by atoms with E-state index in [2.05, 4.69) is 19.8 Å². The van der Waals surface area contributed by atoms with E-state index in [1.165, 1.54) is 0 Å². The summed E-state index contributed by atoms with van der Waals surface area (Å²) < 4.78 is 0. The van der Waals surface area contributed by atoms with Crippen LogP contribution in [-0.4, -0.2) is 44.3 Å². The van der Waals surface area contributed by atoms with Gasteiger partial charge in [0.25, 0.3) is 0 Å². The molecule has 0 amide bonds. The first kappa shape index (κ1) is 17.5. The fraction of sp³-hybridized carbons (Fsp3) is 0.810. The summed E-state index contributed by atoms with van der Waals surface area (Å²) in [5, 5.41) is 42.3. The first-order valence-electron chi connectivity index (χ1n) is 9.62. The van der Waals surface area contributed by atoms with Gasteiger partial charge < -0.3 is 20.4 Å². The van der Waals surface area contributed by atoms with Crippen molar-refractivity contribution in [3.05, 3.63) is 11.6 Å².